The number of benzene rings is 1. The summed E-state index contributed by atoms with van der Waals surface area (Å²) in [4.78, 5) is 0. The third-order valence-electron chi connectivity index (χ3n) is 4.16. The van der Waals surface area contributed by atoms with Crippen molar-refractivity contribution in [3.63, 3.8) is 0 Å². The molecule has 116 valence electrons. The molecule has 0 spiro atoms. The summed E-state index contributed by atoms with van der Waals surface area (Å²) in [5, 5.41) is 1.01. The van der Waals surface area contributed by atoms with Gasteiger partial charge in [0.2, 0.25) is 0 Å². The molecule has 0 amide bonds. The highest BCUT2D eigenvalue weighted by Crippen LogP contribution is 2.36. The highest BCUT2D eigenvalue weighted by Gasteiger charge is 2.36. The van der Waals surface area contributed by atoms with Crippen LogP contribution in [-0.4, -0.2) is 14.9 Å². The van der Waals surface area contributed by atoms with E-state index in [-0.39, 0.29) is 5.04 Å². The lowest BCUT2D eigenvalue weighted by atomic mass is 10.0. The van der Waals surface area contributed by atoms with Gasteiger partial charge in [0, 0.05) is 10.6 Å². The van der Waals surface area contributed by atoms with Crippen LogP contribution in [0.15, 0.2) is 36.1 Å². The topological polar surface area (TPSA) is 9.23 Å². The fourth-order valence-corrected chi connectivity index (χ4v) is 2.73. The Hall–Kier alpha value is -0.793. The molecule has 0 aliphatic rings. The molecule has 3 heteroatoms. The molecule has 1 nitrogen and oxygen atoms in total. The molecule has 0 radical (unpaired) electrons. The van der Waals surface area contributed by atoms with Gasteiger partial charge in [0.1, 0.15) is 0 Å². The molecule has 0 fully saturated rings. The van der Waals surface area contributed by atoms with Crippen molar-refractivity contribution in [2.75, 3.05) is 6.61 Å². The first-order valence-corrected chi connectivity index (χ1v) is 10.8. The molecule has 0 saturated heterocycles. The van der Waals surface area contributed by atoms with E-state index in [2.05, 4.69) is 46.5 Å². The largest absolute Gasteiger partial charge is 0.413 e. The number of hydrogen-bond donors (Lipinski definition) is 0. The third-order valence-corrected chi connectivity index (χ3v) is 8.91. The monoisotopic (exact) mass is 322 g/mol. The van der Waals surface area contributed by atoms with Crippen molar-refractivity contribution in [1.82, 2.24) is 0 Å². The first kappa shape index (κ1) is 18.3. The van der Waals surface area contributed by atoms with Gasteiger partial charge in [0.15, 0.2) is 8.32 Å². The average Bonchev–Trinajstić information content (AvgIpc) is 2.39. The van der Waals surface area contributed by atoms with E-state index in [4.69, 9.17) is 16.0 Å². The standard InChI is InChI=1S/C18H27ClOSi/c1-7-15(16-10-12-17(19)13-11-16)9-8-14-20-21(5,6)18(2,3)4/h8,10-13H,7,14H2,1-6H3. The van der Waals surface area contributed by atoms with Crippen LogP contribution in [0.5, 0.6) is 0 Å². The smallest absolute Gasteiger partial charge is 0.192 e. The predicted octanol–water partition coefficient (Wildman–Crippen LogP) is 6.31. The van der Waals surface area contributed by atoms with E-state index < -0.39 is 8.32 Å². The second kappa shape index (κ2) is 7.46. The summed E-state index contributed by atoms with van der Waals surface area (Å²) >= 11 is 5.93. The van der Waals surface area contributed by atoms with Crippen LogP contribution in [-0.2, 0) is 4.43 Å². The fraction of sp³-hybridized carbons (Fsp3) is 0.500. The van der Waals surface area contributed by atoms with Gasteiger partial charge in [-0.1, -0.05) is 51.4 Å². The fourth-order valence-electron chi connectivity index (χ4n) is 1.67. The number of rotatable bonds is 5. The van der Waals surface area contributed by atoms with Gasteiger partial charge in [-0.3, -0.25) is 0 Å². The summed E-state index contributed by atoms with van der Waals surface area (Å²) in [6, 6.07) is 7.91. The molecule has 0 aliphatic carbocycles. The van der Waals surface area contributed by atoms with Gasteiger partial charge in [0.25, 0.3) is 0 Å². The minimum absolute atomic E-state index is 0.244. The molecule has 1 aromatic carbocycles. The van der Waals surface area contributed by atoms with Crippen LogP contribution in [0.4, 0.5) is 0 Å². The van der Waals surface area contributed by atoms with Crippen LogP contribution < -0.4 is 0 Å². The number of halogens is 1. The van der Waals surface area contributed by atoms with Gasteiger partial charge in [-0.05, 0) is 48.3 Å². The van der Waals surface area contributed by atoms with Crippen molar-refractivity contribution >= 4 is 25.5 Å². The first-order chi connectivity index (χ1) is 9.67. The molecule has 0 unspecified atom stereocenters. The zero-order chi connectivity index (χ0) is 16.1. The van der Waals surface area contributed by atoms with Crippen molar-refractivity contribution < 1.29 is 4.43 Å². The highest BCUT2D eigenvalue weighted by molar-refractivity contribution is 6.74. The van der Waals surface area contributed by atoms with Gasteiger partial charge in [0.05, 0.1) is 6.61 Å². The minimum atomic E-state index is -1.67. The molecule has 0 aromatic heterocycles. The van der Waals surface area contributed by atoms with Crippen LogP contribution >= 0.6 is 11.6 Å². The molecular formula is C18H27ClOSi. The predicted molar refractivity (Wildman–Crippen MR) is 96.4 cm³/mol. The summed E-state index contributed by atoms with van der Waals surface area (Å²) in [7, 11) is -1.67. The van der Waals surface area contributed by atoms with Gasteiger partial charge in [-0.15, -0.1) is 5.73 Å². The molecule has 0 saturated carbocycles. The van der Waals surface area contributed by atoms with Crippen LogP contribution in [0.2, 0.25) is 23.2 Å². The van der Waals surface area contributed by atoms with Crippen LogP contribution in [0.3, 0.4) is 0 Å². The molecule has 0 aliphatic heterocycles. The zero-order valence-electron chi connectivity index (χ0n) is 14.1. The second-order valence-electron chi connectivity index (χ2n) is 6.76. The Morgan fingerprint density at radius 3 is 2.29 bits per heavy atom. The SMILES string of the molecule is CCC(=C=CCO[Si](C)(C)C(C)(C)C)c1ccc(Cl)cc1. The maximum absolute atomic E-state index is 6.13. The third kappa shape index (κ3) is 5.48. The van der Waals surface area contributed by atoms with Crippen molar-refractivity contribution in [2.24, 2.45) is 0 Å². The summed E-state index contributed by atoms with van der Waals surface area (Å²) in [6.07, 6.45) is 2.95. The molecule has 0 N–H and O–H groups in total. The zero-order valence-corrected chi connectivity index (χ0v) is 15.8. The van der Waals surface area contributed by atoms with Crippen molar-refractivity contribution in [1.29, 1.82) is 0 Å². The quantitative estimate of drug-likeness (QED) is 0.456. The first-order valence-electron chi connectivity index (χ1n) is 7.51. The normalized spacial score (nSPS) is 12.0. The van der Waals surface area contributed by atoms with Crippen LogP contribution in [0, 0.1) is 0 Å². The van der Waals surface area contributed by atoms with Gasteiger partial charge in [-0.2, -0.15) is 0 Å². The van der Waals surface area contributed by atoms with Gasteiger partial charge < -0.3 is 4.43 Å². The van der Waals surface area contributed by atoms with E-state index in [0.29, 0.717) is 6.61 Å². The lowest BCUT2D eigenvalue weighted by Crippen LogP contribution is -2.40. The van der Waals surface area contributed by atoms with E-state index in [1.807, 2.05) is 30.3 Å². The summed E-state index contributed by atoms with van der Waals surface area (Å²) in [5.74, 6) is 0. The Balaban J connectivity index is 2.78. The molecule has 0 bridgehead atoms. The molecule has 1 aromatic rings. The van der Waals surface area contributed by atoms with Gasteiger partial charge >= 0.3 is 0 Å². The van der Waals surface area contributed by atoms with Gasteiger partial charge in [-0.25, -0.2) is 0 Å². The molecular weight excluding hydrogens is 296 g/mol. The Bertz CT molecular complexity index is 517. The molecule has 1 rings (SSSR count). The van der Waals surface area contributed by atoms with E-state index in [9.17, 15) is 0 Å². The maximum Gasteiger partial charge on any atom is 0.192 e. The summed E-state index contributed by atoms with van der Waals surface area (Å²) < 4.78 is 6.13. The van der Waals surface area contributed by atoms with Crippen LogP contribution in [0.1, 0.15) is 39.7 Å². The molecule has 0 heterocycles. The van der Waals surface area contributed by atoms with E-state index >= 15 is 0 Å². The summed E-state index contributed by atoms with van der Waals surface area (Å²) in [6.45, 7) is 14.1. The van der Waals surface area contributed by atoms with Crippen molar-refractivity contribution in [3.8, 4) is 0 Å². The molecule has 21 heavy (non-hydrogen) atoms. The lowest BCUT2D eigenvalue weighted by molar-refractivity contribution is 0.328. The van der Waals surface area contributed by atoms with Crippen LogP contribution in [0.25, 0.3) is 5.57 Å². The van der Waals surface area contributed by atoms with Crippen molar-refractivity contribution in [2.45, 2.75) is 52.2 Å². The Labute approximate surface area is 135 Å². The Kier molecular flexibility index (Phi) is 6.49. The van der Waals surface area contributed by atoms with E-state index in [0.717, 1.165) is 11.4 Å². The van der Waals surface area contributed by atoms with E-state index in [1.54, 1.807) is 0 Å². The second-order valence-corrected chi connectivity index (χ2v) is 12.0. The highest BCUT2D eigenvalue weighted by atomic mass is 35.5. The molecule has 0 atom stereocenters. The lowest BCUT2D eigenvalue weighted by Gasteiger charge is -2.35. The minimum Gasteiger partial charge on any atom is -0.413 e. The Morgan fingerprint density at radius 2 is 1.81 bits per heavy atom. The van der Waals surface area contributed by atoms with Crippen molar-refractivity contribution in [3.05, 3.63) is 46.7 Å². The Morgan fingerprint density at radius 1 is 1.24 bits per heavy atom. The van der Waals surface area contributed by atoms with E-state index in [1.165, 1.54) is 11.1 Å². The average molecular weight is 323 g/mol. The maximum atomic E-state index is 6.13. The summed E-state index contributed by atoms with van der Waals surface area (Å²) in [5.41, 5.74) is 5.73. The number of hydrogen-bond acceptors (Lipinski definition) is 1.